The number of benzene rings is 1. The summed E-state index contributed by atoms with van der Waals surface area (Å²) in [6.07, 6.45) is -3.73. The van der Waals surface area contributed by atoms with Gasteiger partial charge in [-0.15, -0.1) is 0 Å². The Labute approximate surface area is 115 Å². The Morgan fingerprint density at radius 3 is 2.35 bits per heavy atom. The highest BCUT2D eigenvalue weighted by Crippen LogP contribution is 2.44. The summed E-state index contributed by atoms with van der Waals surface area (Å²) in [7, 11) is 1.50. The summed E-state index contributed by atoms with van der Waals surface area (Å²) in [5.74, 6) is -0.447. The number of likely N-dealkylation sites (N-methyl/N-ethyl adjacent to an activating group) is 1. The van der Waals surface area contributed by atoms with Crippen LogP contribution in [0, 0.1) is 5.82 Å². The van der Waals surface area contributed by atoms with Crippen LogP contribution in [0.2, 0.25) is 0 Å². The van der Waals surface area contributed by atoms with Crippen molar-refractivity contribution in [3.8, 4) is 0 Å². The van der Waals surface area contributed by atoms with E-state index in [0.29, 0.717) is 18.5 Å². The van der Waals surface area contributed by atoms with Gasteiger partial charge in [0.1, 0.15) is 5.82 Å². The van der Waals surface area contributed by atoms with Crippen molar-refractivity contribution in [1.82, 2.24) is 0 Å². The first-order valence-corrected chi connectivity index (χ1v) is 6.53. The molecule has 0 bridgehead atoms. The first kappa shape index (κ1) is 15.1. The van der Waals surface area contributed by atoms with Gasteiger partial charge in [0.05, 0.1) is 6.04 Å². The second-order valence-electron chi connectivity index (χ2n) is 5.27. The second kappa shape index (κ2) is 5.24. The van der Waals surface area contributed by atoms with E-state index in [1.165, 1.54) is 36.2 Å². The molecule has 20 heavy (non-hydrogen) atoms. The summed E-state index contributed by atoms with van der Waals surface area (Å²) >= 11 is 0. The average Bonchev–Trinajstić information content (AvgIpc) is 2.38. The minimum Gasteiger partial charge on any atom is -0.379 e. The fraction of sp³-hybridized carbons (Fsp3) is 0.571. The Morgan fingerprint density at radius 2 is 1.80 bits per heavy atom. The van der Waals surface area contributed by atoms with E-state index in [4.69, 9.17) is 0 Å². The van der Waals surface area contributed by atoms with Crippen LogP contribution in [0.25, 0.3) is 0 Å². The number of hydrogen-bond donors (Lipinski definition) is 1. The number of alkyl halides is 3. The number of anilines is 1. The van der Waals surface area contributed by atoms with Crippen LogP contribution in [0.4, 0.5) is 23.2 Å². The van der Waals surface area contributed by atoms with Crippen molar-refractivity contribution in [1.29, 1.82) is 0 Å². The van der Waals surface area contributed by atoms with Crippen molar-refractivity contribution in [3.05, 3.63) is 30.1 Å². The molecule has 0 radical (unpaired) electrons. The molecule has 0 aliphatic heterocycles. The lowest BCUT2D eigenvalue weighted by Gasteiger charge is -2.46. The van der Waals surface area contributed by atoms with Gasteiger partial charge in [0.15, 0.2) is 5.60 Å². The third-order valence-electron chi connectivity index (χ3n) is 4.03. The molecule has 0 heterocycles. The number of rotatable bonds is 2. The molecule has 2 rings (SSSR count). The summed E-state index contributed by atoms with van der Waals surface area (Å²) in [5.41, 5.74) is -2.25. The summed E-state index contributed by atoms with van der Waals surface area (Å²) in [6, 6.07) is 4.17. The van der Waals surface area contributed by atoms with Crippen LogP contribution in [0.3, 0.4) is 0 Å². The number of nitrogens with zero attached hydrogens (tertiary/aromatic N) is 1. The molecule has 1 aromatic carbocycles. The van der Waals surface area contributed by atoms with Gasteiger partial charge >= 0.3 is 6.18 Å². The van der Waals surface area contributed by atoms with Gasteiger partial charge in [-0.05, 0) is 37.1 Å². The molecular formula is C14H17F4NO. The fourth-order valence-corrected chi connectivity index (χ4v) is 2.84. The van der Waals surface area contributed by atoms with Crippen molar-refractivity contribution >= 4 is 5.69 Å². The fourth-order valence-electron chi connectivity index (χ4n) is 2.84. The Bertz CT molecular complexity index is 459. The van der Waals surface area contributed by atoms with E-state index in [1.807, 2.05) is 0 Å². The molecule has 1 N–H and O–H groups in total. The maximum atomic E-state index is 13.2. The number of halogens is 4. The zero-order valence-corrected chi connectivity index (χ0v) is 11.1. The standard InChI is InChI=1S/C14H17F4NO/c1-19(11-7-5-10(15)6-8-11)12-4-2-3-9-13(12,20)14(16,17)18/h5-8,12,20H,2-4,9H2,1H3/t12-,13-/m1/s1. The predicted octanol–water partition coefficient (Wildman–Crippen LogP) is 3.50. The Morgan fingerprint density at radius 1 is 1.20 bits per heavy atom. The molecule has 6 heteroatoms. The maximum absolute atomic E-state index is 13.2. The van der Waals surface area contributed by atoms with Crippen molar-refractivity contribution in [2.45, 2.75) is 43.5 Å². The van der Waals surface area contributed by atoms with Crippen LogP contribution in [0.15, 0.2) is 24.3 Å². The van der Waals surface area contributed by atoms with Gasteiger partial charge in [-0.3, -0.25) is 0 Å². The lowest BCUT2D eigenvalue weighted by atomic mass is 9.78. The van der Waals surface area contributed by atoms with Crippen molar-refractivity contribution < 1.29 is 22.7 Å². The smallest absolute Gasteiger partial charge is 0.379 e. The third-order valence-corrected chi connectivity index (χ3v) is 4.03. The molecular weight excluding hydrogens is 274 g/mol. The SMILES string of the molecule is CN(c1ccc(F)cc1)[C@@H]1CCCC[C@]1(O)C(F)(F)F. The summed E-state index contributed by atoms with van der Waals surface area (Å²) in [6.45, 7) is 0. The molecule has 1 aliphatic rings. The average molecular weight is 291 g/mol. The number of hydrogen-bond acceptors (Lipinski definition) is 2. The molecule has 1 saturated carbocycles. The quantitative estimate of drug-likeness (QED) is 0.843. The first-order valence-electron chi connectivity index (χ1n) is 6.53. The molecule has 0 spiro atoms. The molecule has 2 atom stereocenters. The van der Waals surface area contributed by atoms with Gasteiger partial charge in [-0.25, -0.2) is 4.39 Å². The molecule has 2 nitrogen and oxygen atoms in total. The zero-order chi connectivity index (χ0) is 15.0. The van der Waals surface area contributed by atoms with Crippen molar-refractivity contribution in [2.75, 3.05) is 11.9 Å². The van der Waals surface area contributed by atoms with Gasteiger partial charge < -0.3 is 10.0 Å². The summed E-state index contributed by atoms with van der Waals surface area (Å²) in [5, 5.41) is 10.1. The maximum Gasteiger partial charge on any atom is 0.419 e. The molecule has 0 aromatic heterocycles. The number of aliphatic hydroxyl groups is 1. The second-order valence-corrected chi connectivity index (χ2v) is 5.27. The van der Waals surface area contributed by atoms with E-state index in [1.54, 1.807) is 0 Å². The molecule has 112 valence electrons. The normalized spacial score (nSPS) is 27.4. The van der Waals surface area contributed by atoms with E-state index >= 15 is 0 Å². The summed E-state index contributed by atoms with van der Waals surface area (Å²) in [4.78, 5) is 1.39. The molecule has 0 saturated heterocycles. The highest BCUT2D eigenvalue weighted by Gasteiger charge is 2.60. The summed E-state index contributed by atoms with van der Waals surface area (Å²) < 4.78 is 52.4. The molecule has 0 unspecified atom stereocenters. The Balaban J connectivity index is 2.30. The van der Waals surface area contributed by atoms with Crippen LogP contribution in [-0.4, -0.2) is 30.0 Å². The van der Waals surface area contributed by atoms with Crippen LogP contribution in [-0.2, 0) is 0 Å². The van der Waals surface area contributed by atoms with E-state index < -0.39 is 23.6 Å². The van der Waals surface area contributed by atoms with E-state index in [9.17, 15) is 22.7 Å². The van der Waals surface area contributed by atoms with Gasteiger partial charge in [0.2, 0.25) is 0 Å². The van der Waals surface area contributed by atoms with Crippen LogP contribution in [0.5, 0.6) is 0 Å². The zero-order valence-electron chi connectivity index (χ0n) is 11.1. The topological polar surface area (TPSA) is 23.5 Å². The van der Waals surface area contributed by atoms with Crippen LogP contribution < -0.4 is 4.90 Å². The first-order chi connectivity index (χ1) is 9.25. The van der Waals surface area contributed by atoms with Gasteiger partial charge in [-0.2, -0.15) is 13.2 Å². The van der Waals surface area contributed by atoms with E-state index in [-0.39, 0.29) is 12.8 Å². The van der Waals surface area contributed by atoms with Crippen LogP contribution >= 0.6 is 0 Å². The molecule has 1 aliphatic carbocycles. The Kier molecular flexibility index (Phi) is 3.95. The van der Waals surface area contributed by atoms with E-state index in [0.717, 1.165) is 0 Å². The monoisotopic (exact) mass is 291 g/mol. The lowest BCUT2D eigenvalue weighted by molar-refractivity contribution is -0.275. The third kappa shape index (κ3) is 2.61. The largest absolute Gasteiger partial charge is 0.419 e. The minimum atomic E-state index is -4.67. The molecule has 1 fully saturated rings. The van der Waals surface area contributed by atoms with Gasteiger partial charge in [0, 0.05) is 12.7 Å². The lowest BCUT2D eigenvalue weighted by Crippen LogP contribution is -2.61. The van der Waals surface area contributed by atoms with Crippen molar-refractivity contribution in [3.63, 3.8) is 0 Å². The van der Waals surface area contributed by atoms with Gasteiger partial charge in [-0.1, -0.05) is 12.8 Å². The van der Waals surface area contributed by atoms with Crippen LogP contribution in [0.1, 0.15) is 25.7 Å². The minimum absolute atomic E-state index is 0.254. The molecule has 1 aromatic rings. The van der Waals surface area contributed by atoms with Gasteiger partial charge in [0.25, 0.3) is 0 Å². The molecule has 0 amide bonds. The predicted molar refractivity (Wildman–Crippen MR) is 68.1 cm³/mol. The highest BCUT2D eigenvalue weighted by atomic mass is 19.4. The van der Waals surface area contributed by atoms with E-state index in [2.05, 4.69) is 0 Å². The highest BCUT2D eigenvalue weighted by molar-refractivity contribution is 5.47. The van der Waals surface area contributed by atoms with Crippen molar-refractivity contribution in [2.24, 2.45) is 0 Å². The Hall–Kier alpha value is -1.30.